The molecule has 5 aromatic rings. The van der Waals surface area contributed by atoms with Crippen LogP contribution in [0.1, 0.15) is 34.0 Å². The van der Waals surface area contributed by atoms with E-state index in [-0.39, 0.29) is 0 Å². The summed E-state index contributed by atoms with van der Waals surface area (Å²) in [5.41, 5.74) is 3.37. The first-order chi connectivity index (χ1) is 14.1. The number of aryl methyl sites for hydroxylation is 1. The summed E-state index contributed by atoms with van der Waals surface area (Å²) in [5, 5.41) is 3.38. The van der Waals surface area contributed by atoms with Gasteiger partial charge in [0.2, 0.25) is 0 Å². The number of aromatic nitrogens is 1. The van der Waals surface area contributed by atoms with E-state index in [4.69, 9.17) is 7.16 Å². The van der Waals surface area contributed by atoms with Gasteiger partial charge in [-0.15, -0.1) is 11.3 Å². The molecule has 3 aromatic heterocycles. The molecule has 0 aliphatic carbocycles. The maximum Gasteiger partial charge on any atom is 0.144 e. The topological polar surface area (TPSA) is 26.0 Å². The van der Waals surface area contributed by atoms with Gasteiger partial charge in [0.15, 0.2) is 0 Å². The van der Waals surface area contributed by atoms with Crippen molar-refractivity contribution in [3.63, 3.8) is 0 Å². The molecule has 0 aliphatic heterocycles. The third kappa shape index (κ3) is 3.00. The molecule has 0 aliphatic rings. The van der Waals surface area contributed by atoms with E-state index in [9.17, 15) is 0 Å². The molecule has 0 saturated heterocycles. The van der Waals surface area contributed by atoms with Crippen LogP contribution < -0.4 is 0 Å². The molecule has 3 heteroatoms. The molecule has 0 bridgehead atoms. The van der Waals surface area contributed by atoms with Crippen LogP contribution in [-0.2, 0) is 6.37 Å². The van der Waals surface area contributed by atoms with Crippen LogP contribution in [0.15, 0.2) is 59.1 Å². The lowest BCUT2D eigenvalue weighted by molar-refractivity contribution is 0.411. The first-order valence-electron chi connectivity index (χ1n) is 10.5. The molecule has 0 unspecified atom stereocenters. The van der Waals surface area contributed by atoms with Crippen LogP contribution in [0.5, 0.6) is 0 Å². The Labute approximate surface area is 171 Å². The average Bonchev–Trinajstić information content (AvgIpc) is 3.23. The van der Waals surface area contributed by atoms with Crippen molar-refractivity contribution in [1.29, 1.82) is 0 Å². The minimum absolute atomic E-state index is 0.527. The molecule has 0 N–H and O–H groups in total. The van der Waals surface area contributed by atoms with Gasteiger partial charge < -0.3 is 4.42 Å². The van der Waals surface area contributed by atoms with E-state index in [1.807, 2.05) is 39.0 Å². The quantitative estimate of drug-likeness (QED) is 0.309. The lowest BCUT2D eigenvalue weighted by atomic mass is 9.88. The summed E-state index contributed by atoms with van der Waals surface area (Å²) in [6.07, 6.45) is 0.211. The first kappa shape index (κ1) is 15.3. The first-order valence-corrected chi connectivity index (χ1v) is 10.3. The van der Waals surface area contributed by atoms with Crippen molar-refractivity contribution in [2.45, 2.75) is 34.1 Å². The highest BCUT2D eigenvalue weighted by molar-refractivity contribution is 7.19. The van der Waals surface area contributed by atoms with Crippen LogP contribution in [0.2, 0.25) is 0 Å². The Kier molecular flexibility index (Phi) is 3.38. The number of nitrogens with zero attached hydrogens (tertiary/aromatic N) is 1. The summed E-state index contributed by atoms with van der Waals surface area (Å²) in [4.78, 5) is 5.85. The summed E-state index contributed by atoms with van der Waals surface area (Å²) < 4.78 is 24.8. The normalized spacial score (nSPS) is 14.0. The average molecular weight is 388 g/mol. The number of fused-ring (bicyclic) bond motifs is 4. The summed E-state index contributed by atoms with van der Waals surface area (Å²) in [5.74, 6) is 0. The summed E-state index contributed by atoms with van der Waals surface area (Å²) >= 11 is 1.77. The van der Waals surface area contributed by atoms with Crippen LogP contribution in [0, 0.1) is 12.3 Å². The fourth-order valence-corrected chi connectivity index (χ4v) is 4.69. The molecule has 0 radical (unpaired) electrons. The van der Waals surface area contributed by atoms with E-state index >= 15 is 0 Å². The number of thiophene rings is 1. The SMILES string of the molecule is [2H]C([2H])(c1ccnc(-c2cccc3c2oc2cc4sc(C)cc4cc23)c1)C(C)(C)C. The van der Waals surface area contributed by atoms with Gasteiger partial charge in [0.1, 0.15) is 11.2 Å². The van der Waals surface area contributed by atoms with Gasteiger partial charge >= 0.3 is 0 Å². The predicted molar refractivity (Wildman–Crippen MR) is 120 cm³/mol. The van der Waals surface area contributed by atoms with Crippen molar-refractivity contribution in [3.8, 4) is 11.3 Å². The van der Waals surface area contributed by atoms with Crippen molar-refractivity contribution < 1.29 is 7.16 Å². The van der Waals surface area contributed by atoms with Gasteiger partial charge in [0.05, 0.1) is 5.69 Å². The van der Waals surface area contributed by atoms with Crippen LogP contribution in [0.25, 0.3) is 43.3 Å². The molecular weight excluding hydrogens is 362 g/mol. The van der Waals surface area contributed by atoms with E-state index in [0.29, 0.717) is 5.56 Å². The molecule has 0 fully saturated rings. The van der Waals surface area contributed by atoms with E-state index in [2.05, 4.69) is 36.2 Å². The summed E-state index contributed by atoms with van der Waals surface area (Å²) in [6, 6.07) is 16.2. The summed E-state index contributed by atoms with van der Waals surface area (Å²) in [6.45, 7) is 7.87. The van der Waals surface area contributed by atoms with Gasteiger partial charge in [-0.1, -0.05) is 32.9 Å². The number of rotatable bonds is 2. The number of para-hydroxylation sites is 1. The van der Waals surface area contributed by atoms with Crippen molar-refractivity contribution >= 4 is 43.4 Å². The number of pyridine rings is 1. The van der Waals surface area contributed by atoms with Crippen molar-refractivity contribution in [1.82, 2.24) is 4.98 Å². The zero-order chi connectivity index (χ0) is 21.3. The third-order valence-electron chi connectivity index (χ3n) is 4.81. The van der Waals surface area contributed by atoms with Gasteiger partial charge in [0.25, 0.3) is 0 Å². The highest BCUT2D eigenvalue weighted by Gasteiger charge is 2.16. The van der Waals surface area contributed by atoms with Crippen LogP contribution in [-0.4, -0.2) is 4.98 Å². The predicted octanol–water partition coefficient (Wildman–Crippen LogP) is 7.76. The van der Waals surface area contributed by atoms with Gasteiger partial charge in [-0.25, -0.2) is 0 Å². The van der Waals surface area contributed by atoms with Crippen molar-refractivity contribution in [2.75, 3.05) is 0 Å². The molecule has 2 nitrogen and oxygen atoms in total. The van der Waals surface area contributed by atoms with Crippen molar-refractivity contribution in [2.24, 2.45) is 5.41 Å². The Morgan fingerprint density at radius 2 is 1.93 bits per heavy atom. The molecule has 2 aromatic carbocycles. The second-order valence-corrected chi connectivity index (χ2v) is 9.62. The fourth-order valence-electron chi connectivity index (χ4n) is 3.76. The molecule has 0 amide bonds. The van der Waals surface area contributed by atoms with Crippen molar-refractivity contribution in [3.05, 3.63) is 65.2 Å². The molecule has 0 atom stereocenters. The van der Waals surface area contributed by atoms with Gasteiger partial charge in [-0.05, 0) is 66.1 Å². The Morgan fingerprint density at radius 1 is 1.07 bits per heavy atom. The molecule has 0 saturated carbocycles. The standard InChI is InChI=1S/C25H23NOS/c1-15-10-17-12-20-18-6-5-7-19(24(18)27-22(20)13-23(17)28-15)21-11-16(8-9-26-21)14-25(2,3)4/h5-13H,14H2,1-4H3/i14D2. The second-order valence-electron chi connectivity index (χ2n) is 8.33. The maximum absolute atomic E-state index is 8.63. The van der Waals surface area contributed by atoms with Crippen LogP contribution in [0.3, 0.4) is 0 Å². The molecule has 28 heavy (non-hydrogen) atoms. The largest absolute Gasteiger partial charge is 0.455 e. The highest BCUT2D eigenvalue weighted by Crippen LogP contribution is 2.38. The smallest absolute Gasteiger partial charge is 0.144 e. The Bertz CT molecular complexity index is 1420. The Morgan fingerprint density at radius 3 is 2.75 bits per heavy atom. The van der Waals surface area contributed by atoms with Gasteiger partial charge in [-0.3, -0.25) is 4.98 Å². The molecule has 0 spiro atoms. The molecule has 3 heterocycles. The van der Waals surface area contributed by atoms with E-state index in [1.54, 1.807) is 23.6 Å². The van der Waals surface area contributed by atoms with Crippen LogP contribution in [0.4, 0.5) is 0 Å². The third-order valence-corrected chi connectivity index (χ3v) is 5.83. The van der Waals surface area contributed by atoms with E-state index in [0.717, 1.165) is 33.2 Å². The molecular formula is C25H23NOS. The summed E-state index contributed by atoms with van der Waals surface area (Å²) in [7, 11) is 0. The lowest BCUT2D eigenvalue weighted by Gasteiger charge is -2.18. The van der Waals surface area contributed by atoms with Gasteiger partial charge in [-0.2, -0.15) is 0 Å². The highest BCUT2D eigenvalue weighted by atomic mass is 32.1. The zero-order valence-corrected chi connectivity index (χ0v) is 17.3. The van der Waals surface area contributed by atoms with Crippen LogP contribution >= 0.6 is 11.3 Å². The van der Waals surface area contributed by atoms with E-state index < -0.39 is 11.8 Å². The monoisotopic (exact) mass is 387 g/mol. The second kappa shape index (κ2) is 6.18. The number of hydrogen-bond donors (Lipinski definition) is 0. The molecule has 140 valence electrons. The minimum Gasteiger partial charge on any atom is -0.455 e. The number of benzene rings is 2. The minimum atomic E-state index is -1.48. The zero-order valence-electron chi connectivity index (χ0n) is 18.5. The van der Waals surface area contributed by atoms with Gasteiger partial charge in [0, 0.05) is 34.9 Å². The number of furan rings is 1. The number of hydrogen-bond acceptors (Lipinski definition) is 3. The fraction of sp³-hybridized carbons (Fsp3) is 0.240. The van der Waals surface area contributed by atoms with E-state index in [1.165, 1.54) is 15.0 Å². The molecule has 5 rings (SSSR count). The maximum atomic E-state index is 8.63. The Balaban J connectivity index is 1.73. The Hall–Kier alpha value is -2.65. The lowest BCUT2D eigenvalue weighted by Crippen LogP contribution is -2.09.